The number of halogens is 1. The molecule has 2 heterocycles. The smallest absolute Gasteiger partial charge is 0.122 e. The number of piperazine rings is 1. The summed E-state index contributed by atoms with van der Waals surface area (Å²) in [4.78, 5) is 7.02. The Morgan fingerprint density at radius 3 is 2.94 bits per heavy atom. The van der Waals surface area contributed by atoms with Crippen LogP contribution in [0.25, 0.3) is 0 Å². The van der Waals surface area contributed by atoms with Crippen LogP contribution in [-0.4, -0.2) is 42.7 Å². The van der Waals surface area contributed by atoms with Crippen molar-refractivity contribution in [3.05, 3.63) is 23.5 Å². The van der Waals surface area contributed by atoms with Crippen molar-refractivity contribution in [1.29, 1.82) is 0 Å². The highest BCUT2D eigenvalue weighted by Gasteiger charge is 2.18. The summed E-state index contributed by atoms with van der Waals surface area (Å²) >= 11 is 0. The van der Waals surface area contributed by atoms with E-state index in [0.717, 1.165) is 43.3 Å². The minimum Gasteiger partial charge on any atom is -0.497 e. The average Bonchev–Trinajstić information content (AvgIpc) is 2.31. The van der Waals surface area contributed by atoms with E-state index in [0.29, 0.717) is 6.04 Å². The van der Waals surface area contributed by atoms with Crippen molar-refractivity contribution in [3.8, 4) is 5.75 Å². The van der Waals surface area contributed by atoms with Gasteiger partial charge in [0.1, 0.15) is 5.75 Å². The molecule has 1 aliphatic heterocycles. The fourth-order valence-electron chi connectivity index (χ4n) is 2.23. The summed E-state index contributed by atoms with van der Waals surface area (Å²) in [5.41, 5.74) is 2.11. The maximum absolute atomic E-state index is 5.28. The summed E-state index contributed by atoms with van der Waals surface area (Å²) in [5, 5.41) is 3.40. The summed E-state index contributed by atoms with van der Waals surface area (Å²) < 4.78 is 5.28. The molecule has 1 aromatic rings. The Labute approximate surface area is 115 Å². The molecule has 1 atom stereocenters. The first kappa shape index (κ1) is 15.2. The lowest BCUT2D eigenvalue weighted by Gasteiger charge is -2.33. The van der Waals surface area contributed by atoms with Crippen molar-refractivity contribution in [1.82, 2.24) is 15.2 Å². The molecule has 102 valence electrons. The fourth-order valence-corrected chi connectivity index (χ4v) is 2.23. The molecule has 0 radical (unpaired) electrons. The second-order valence-electron chi connectivity index (χ2n) is 4.66. The van der Waals surface area contributed by atoms with E-state index in [-0.39, 0.29) is 12.4 Å². The molecular weight excluding hydrogens is 250 g/mol. The molecule has 5 heteroatoms. The third kappa shape index (κ3) is 3.83. The number of hydrogen-bond donors (Lipinski definition) is 1. The Morgan fingerprint density at radius 2 is 2.28 bits per heavy atom. The zero-order valence-corrected chi connectivity index (χ0v) is 12.1. The van der Waals surface area contributed by atoms with Crippen LogP contribution in [0.2, 0.25) is 0 Å². The molecule has 1 aromatic heterocycles. The molecule has 4 nitrogen and oxygen atoms in total. The van der Waals surface area contributed by atoms with Crippen molar-refractivity contribution < 1.29 is 4.74 Å². The minimum absolute atomic E-state index is 0. The molecule has 1 N–H and O–H groups in total. The lowest BCUT2D eigenvalue weighted by Crippen LogP contribution is -2.49. The van der Waals surface area contributed by atoms with E-state index >= 15 is 0 Å². The second kappa shape index (κ2) is 6.92. The molecule has 18 heavy (non-hydrogen) atoms. The van der Waals surface area contributed by atoms with Gasteiger partial charge in [-0.05, 0) is 13.8 Å². The average molecular weight is 272 g/mol. The van der Waals surface area contributed by atoms with Crippen molar-refractivity contribution in [2.45, 2.75) is 26.4 Å². The Balaban J connectivity index is 0.00000162. The van der Waals surface area contributed by atoms with E-state index in [1.807, 2.05) is 19.1 Å². The summed E-state index contributed by atoms with van der Waals surface area (Å²) in [5.74, 6) is 0.898. The van der Waals surface area contributed by atoms with Crippen LogP contribution in [0.1, 0.15) is 18.3 Å². The number of methoxy groups -OCH3 is 1. The first-order valence-corrected chi connectivity index (χ1v) is 6.15. The Hall–Kier alpha value is -0.840. The molecular formula is C13H22ClN3O. The van der Waals surface area contributed by atoms with Gasteiger partial charge in [-0.1, -0.05) is 0 Å². The lowest BCUT2D eigenvalue weighted by molar-refractivity contribution is 0.163. The molecule has 1 fully saturated rings. The Bertz CT molecular complexity index is 386. The van der Waals surface area contributed by atoms with Gasteiger partial charge in [-0.25, -0.2) is 0 Å². The molecule has 1 aliphatic rings. The largest absolute Gasteiger partial charge is 0.497 e. The van der Waals surface area contributed by atoms with Crippen molar-refractivity contribution >= 4 is 12.4 Å². The zero-order valence-electron chi connectivity index (χ0n) is 11.3. The number of hydrogen-bond acceptors (Lipinski definition) is 4. The van der Waals surface area contributed by atoms with Gasteiger partial charge in [-0.2, -0.15) is 0 Å². The third-order valence-electron chi connectivity index (χ3n) is 3.22. The van der Waals surface area contributed by atoms with E-state index in [1.165, 1.54) is 0 Å². The molecule has 0 bridgehead atoms. The number of pyridine rings is 1. The number of ether oxygens (including phenoxy) is 1. The Morgan fingerprint density at radius 1 is 1.50 bits per heavy atom. The molecule has 0 aliphatic carbocycles. The molecule has 0 aromatic carbocycles. The van der Waals surface area contributed by atoms with Crippen LogP contribution in [0.15, 0.2) is 12.1 Å². The Kier molecular flexibility index (Phi) is 5.85. The van der Waals surface area contributed by atoms with Crippen molar-refractivity contribution in [3.63, 3.8) is 0 Å². The van der Waals surface area contributed by atoms with Gasteiger partial charge in [0.25, 0.3) is 0 Å². The highest BCUT2D eigenvalue weighted by Crippen LogP contribution is 2.16. The minimum atomic E-state index is 0. The first-order valence-electron chi connectivity index (χ1n) is 6.15. The highest BCUT2D eigenvalue weighted by atomic mass is 35.5. The summed E-state index contributed by atoms with van der Waals surface area (Å²) in [7, 11) is 1.70. The van der Waals surface area contributed by atoms with Gasteiger partial charge in [0.2, 0.25) is 0 Å². The second-order valence-corrected chi connectivity index (χ2v) is 4.66. The standard InChI is InChI=1S/C13H21N3O.ClH/c1-10-6-13(17-3)7-12(15-10)9-16-5-4-14-8-11(16)2;/h6-7,11,14H,4-5,8-9H2,1-3H3;1H. The zero-order chi connectivity index (χ0) is 12.3. The summed E-state index contributed by atoms with van der Waals surface area (Å²) in [6.45, 7) is 8.36. The third-order valence-corrected chi connectivity index (χ3v) is 3.22. The van der Waals surface area contributed by atoms with Gasteiger partial charge >= 0.3 is 0 Å². The van der Waals surface area contributed by atoms with Crippen LogP contribution in [0.3, 0.4) is 0 Å². The van der Waals surface area contributed by atoms with Gasteiger partial charge in [-0.3, -0.25) is 9.88 Å². The van der Waals surface area contributed by atoms with Crippen LogP contribution in [-0.2, 0) is 6.54 Å². The molecule has 0 saturated carbocycles. The predicted molar refractivity (Wildman–Crippen MR) is 75.5 cm³/mol. The van der Waals surface area contributed by atoms with Gasteiger partial charge in [0.15, 0.2) is 0 Å². The molecule has 0 amide bonds. The normalized spacial score (nSPS) is 20.3. The van der Waals surface area contributed by atoms with E-state index in [4.69, 9.17) is 4.74 Å². The quantitative estimate of drug-likeness (QED) is 0.907. The van der Waals surface area contributed by atoms with E-state index in [2.05, 4.69) is 22.1 Å². The van der Waals surface area contributed by atoms with Crippen LogP contribution in [0, 0.1) is 6.92 Å². The SMILES string of the molecule is COc1cc(C)nc(CN2CCNCC2C)c1.Cl. The van der Waals surface area contributed by atoms with Crippen LogP contribution < -0.4 is 10.1 Å². The van der Waals surface area contributed by atoms with Crippen LogP contribution in [0.4, 0.5) is 0 Å². The van der Waals surface area contributed by atoms with Gasteiger partial charge < -0.3 is 10.1 Å². The number of aromatic nitrogens is 1. The number of aryl methyl sites for hydroxylation is 1. The molecule has 0 spiro atoms. The van der Waals surface area contributed by atoms with E-state index in [1.54, 1.807) is 7.11 Å². The maximum Gasteiger partial charge on any atom is 0.122 e. The van der Waals surface area contributed by atoms with Gasteiger partial charge in [0.05, 0.1) is 12.8 Å². The fraction of sp³-hybridized carbons (Fsp3) is 0.615. The molecule has 1 saturated heterocycles. The first-order chi connectivity index (χ1) is 8.19. The monoisotopic (exact) mass is 271 g/mol. The highest BCUT2D eigenvalue weighted by molar-refractivity contribution is 5.85. The topological polar surface area (TPSA) is 37.4 Å². The van der Waals surface area contributed by atoms with Crippen LogP contribution >= 0.6 is 12.4 Å². The molecule has 2 rings (SSSR count). The molecule has 1 unspecified atom stereocenters. The van der Waals surface area contributed by atoms with Gasteiger partial charge in [-0.15, -0.1) is 12.4 Å². The van der Waals surface area contributed by atoms with Crippen molar-refractivity contribution in [2.24, 2.45) is 0 Å². The summed E-state index contributed by atoms with van der Waals surface area (Å²) in [6, 6.07) is 4.56. The maximum atomic E-state index is 5.28. The van der Waals surface area contributed by atoms with Crippen molar-refractivity contribution in [2.75, 3.05) is 26.7 Å². The summed E-state index contributed by atoms with van der Waals surface area (Å²) in [6.07, 6.45) is 0. The van der Waals surface area contributed by atoms with Crippen LogP contribution in [0.5, 0.6) is 5.75 Å². The van der Waals surface area contributed by atoms with Gasteiger partial charge in [0, 0.05) is 50.0 Å². The number of nitrogens with one attached hydrogen (secondary N) is 1. The number of nitrogens with zero attached hydrogens (tertiary/aromatic N) is 2. The lowest BCUT2D eigenvalue weighted by atomic mass is 10.2. The number of rotatable bonds is 3. The van der Waals surface area contributed by atoms with E-state index in [9.17, 15) is 0 Å². The van der Waals surface area contributed by atoms with E-state index < -0.39 is 0 Å². The predicted octanol–water partition coefficient (Wildman–Crippen LogP) is 1.61.